The average Bonchev–Trinajstić information content (AvgIpc) is 3.02. The van der Waals surface area contributed by atoms with Crippen LogP contribution in [-0.2, 0) is 25.8 Å². The molecule has 8 heteroatoms. The number of carbonyl (C=O) groups excluding carboxylic acids is 2. The van der Waals surface area contributed by atoms with Crippen molar-refractivity contribution in [2.45, 2.75) is 44.0 Å². The Kier molecular flexibility index (Phi) is 6.29. The third-order valence-corrected chi connectivity index (χ3v) is 6.89. The molecule has 0 saturated heterocycles. The third kappa shape index (κ3) is 4.79. The highest BCUT2D eigenvalue weighted by Crippen LogP contribution is 2.34. The summed E-state index contributed by atoms with van der Waals surface area (Å²) in [5, 5.41) is 3.21. The number of nitrogens with zero attached hydrogens (tertiary/aromatic N) is 1. The smallest absolute Gasteiger partial charge is 0.226 e. The molecule has 0 unspecified atom stereocenters. The predicted molar refractivity (Wildman–Crippen MR) is 114 cm³/mol. The Labute approximate surface area is 175 Å². The first-order chi connectivity index (χ1) is 13.7. The maximum absolute atomic E-state index is 12.7. The van der Waals surface area contributed by atoms with Crippen molar-refractivity contribution in [1.82, 2.24) is 0 Å². The summed E-state index contributed by atoms with van der Waals surface area (Å²) in [5.41, 5.74) is 2.17. The molecule has 0 aliphatic carbocycles. The zero-order chi connectivity index (χ0) is 21.2. The Bertz CT molecular complexity index is 1040. The number of fused-ring (bicyclic) bond motifs is 1. The van der Waals surface area contributed by atoms with Gasteiger partial charge in [-0.2, -0.15) is 0 Å². The minimum atomic E-state index is -3.62. The van der Waals surface area contributed by atoms with E-state index in [0.29, 0.717) is 23.6 Å². The Hall–Kier alpha value is -2.38. The van der Waals surface area contributed by atoms with E-state index in [0.717, 1.165) is 11.3 Å². The molecule has 2 aromatic carbocycles. The third-order valence-electron chi connectivity index (χ3n) is 4.92. The topological polar surface area (TPSA) is 83.6 Å². The number of rotatable bonds is 6. The lowest BCUT2D eigenvalue weighted by Gasteiger charge is -2.22. The van der Waals surface area contributed by atoms with Crippen LogP contribution in [0.2, 0.25) is 5.02 Å². The van der Waals surface area contributed by atoms with Gasteiger partial charge in [-0.3, -0.25) is 9.59 Å². The maximum atomic E-state index is 12.7. The van der Waals surface area contributed by atoms with Gasteiger partial charge in [-0.05, 0) is 61.4 Å². The number of hydrogen-bond acceptors (Lipinski definition) is 4. The fraction of sp³-hybridized carbons (Fsp3) is 0.333. The van der Waals surface area contributed by atoms with Crippen molar-refractivity contribution in [3.63, 3.8) is 0 Å². The maximum Gasteiger partial charge on any atom is 0.226 e. The second-order valence-electron chi connectivity index (χ2n) is 7.08. The highest BCUT2D eigenvalue weighted by molar-refractivity contribution is 7.91. The van der Waals surface area contributed by atoms with Crippen molar-refractivity contribution in [2.75, 3.05) is 16.0 Å². The van der Waals surface area contributed by atoms with Crippen molar-refractivity contribution in [3.8, 4) is 0 Å². The molecule has 1 heterocycles. The largest absolute Gasteiger partial charge is 0.326 e. The van der Waals surface area contributed by atoms with Crippen LogP contribution in [0.4, 0.5) is 11.4 Å². The van der Waals surface area contributed by atoms with Crippen LogP contribution in [0.15, 0.2) is 47.4 Å². The number of benzene rings is 2. The molecule has 1 aliphatic heterocycles. The molecule has 1 aliphatic rings. The standard InChI is InChI=1S/C21H23ClN2O4S/c1-3-21(26)24-14(2)12-15-13-18(8-9-19(15)24)29(27,28)11-10-20(25)23-17-6-4-16(22)5-7-17/h4-9,13-14H,3,10-12H2,1-2H3,(H,23,25)/t14-/m1/s1. The molecule has 0 radical (unpaired) electrons. The molecule has 0 aromatic heterocycles. The van der Waals surface area contributed by atoms with Gasteiger partial charge in [-0.25, -0.2) is 8.42 Å². The summed E-state index contributed by atoms with van der Waals surface area (Å²) in [5.74, 6) is -0.658. The van der Waals surface area contributed by atoms with Gasteiger partial charge in [-0.1, -0.05) is 18.5 Å². The molecule has 0 saturated carbocycles. The molecular weight excluding hydrogens is 412 g/mol. The lowest BCUT2D eigenvalue weighted by Crippen LogP contribution is -2.35. The van der Waals surface area contributed by atoms with Crippen LogP contribution in [0.25, 0.3) is 0 Å². The summed E-state index contributed by atoms with van der Waals surface area (Å²) in [6, 6.07) is 11.4. The average molecular weight is 435 g/mol. The second-order valence-corrected chi connectivity index (χ2v) is 9.63. The van der Waals surface area contributed by atoms with Crippen LogP contribution in [0.1, 0.15) is 32.3 Å². The number of carbonyl (C=O) groups is 2. The van der Waals surface area contributed by atoms with Crippen LogP contribution in [0.5, 0.6) is 0 Å². The molecule has 1 N–H and O–H groups in total. The molecule has 154 valence electrons. The Morgan fingerprint density at radius 3 is 2.52 bits per heavy atom. The fourth-order valence-corrected chi connectivity index (χ4v) is 4.87. The number of halogens is 1. The summed E-state index contributed by atoms with van der Waals surface area (Å²) in [6.45, 7) is 3.75. The van der Waals surface area contributed by atoms with E-state index in [2.05, 4.69) is 5.32 Å². The van der Waals surface area contributed by atoms with Gasteiger partial charge in [0, 0.05) is 35.3 Å². The highest BCUT2D eigenvalue weighted by atomic mass is 35.5. The number of sulfone groups is 1. The Morgan fingerprint density at radius 2 is 1.86 bits per heavy atom. The number of hydrogen-bond donors (Lipinski definition) is 1. The Morgan fingerprint density at radius 1 is 1.17 bits per heavy atom. The van der Waals surface area contributed by atoms with Crippen molar-refractivity contribution in [2.24, 2.45) is 0 Å². The second kappa shape index (κ2) is 8.55. The molecule has 0 fully saturated rings. The highest BCUT2D eigenvalue weighted by Gasteiger charge is 2.31. The monoisotopic (exact) mass is 434 g/mol. The Balaban J connectivity index is 1.69. The number of nitrogens with one attached hydrogen (secondary N) is 1. The molecule has 6 nitrogen and oxygen atoms in total. The SMILES string of the molecule is CCC(=O)N1c2ccc(S(=O)(=O)CCC(=O)Nc3ccc(Cl)cc3)cc2C[C@H]1C. The fourth-order valence-electron chi connectivity index (χ4n) is 3.45. The predicted octanol–water partition coefficient (Wildman–Crippen LogP) is 3.83. The van der Waals surface area contributed by atoms with Gasteiger partial charge in [-0.15, -0.1) is 0 Å². The van der Waals surface area contributed by atoms with Gasteiger partial charge >= 0.3 is 0 Å². The van der Waals surface area contributed by atoms with Gasteiger partial charge < -0.3 is 10.2 Å². The zero-order valence-electron chi connectivity index (χ0n) is 16.3. The van der Waals surface area contributed by atoms with Crippen molar-refractivity contribution in [1.29, 1.82) is 0 Å². The zero-order valence-corrected chi connectivity index (χ0v) is 17.9. The lowest BCUT2D eigenvalue weighted by molar-refractivity contribution is -0.118. The van der Waals surface area contributed by atoms with E-state index < -0.39 is 9.84 Å². The quantitative estimate of drug-likeness (QED) is 0.748. The summed E-state index contributed by atoms with van der Waals surface area (Å²) >= 11 is 5.81. The molecule has 2 aromatic rings. The van der Waals surface area contributed by atoms with Crippen molar-refractivity contribution < 1.29 is 18.0 Å². The summed E-state index contributed by atoms with van der Waals surface area (Å²) < 4.78 is 25.4. The van der Waals surface area contributed by atoms with E-state index in [4.69, 9.17) is 11.6 Å². The van der Waals surface area contributed by atoms with E-state index in [1.807, 2.05) is 6.92 Å². The summed E-state index contributed by atoms with van der Waals surface area (Å²) in [6.07, 6.45) is 0.854. The van der Waals surface area contributed by atoms with Crippen LogP contribution < -0.4 is 10.2 Å². The lowest BCUT2D eigenvalue weighted by atomic mass is 10.1. The molecular formula is C21H23ClN2O4S. The van der Waals surface area contributed by atoms with Crippen LogP contribution in [0.3, 0.4) is 0 Å². The first-order valence-electron chi connectivity index (χ1n) is 9.44. The van der Waals surface area contributed by atoms with Gasteiger partial charge in [0.05, 0.1) is 10.6 Å². The van der Waals surface area contributed by atoms with E-state index in [1.165, 1.54) is 6.07 Å². The van der Waals surface area contributed by atoms with E-state index >= 15 is 0 Å². The van der Waals surface area contributed by atoms with E-state index in [-0.39, 0.29) is 34.9 Å². The van der Waals surface area contributed by atoms with E-state index in [9.17, 15) is 18.0 Å². The van der Waals surface area contributed by atoms with Crippen molar-refractivity contribution >= 4 is 44.6 Å². The van der Waals surface area contributed by atoms with Crippen LogP contribution in [0, 0.1) is 0 Å². The van der Waals surface area contributed by atoms with E-state index in [1.54, 1.807) is 48.2 Å². The molecule has 2 amide bonds. The summed E-state index contributed by atoms with van der Waals surface area (Å²) in [4.78, 5) is 26.2. The minimum Gasteiger partial charge on any atom is -0.326 e. The van der Waals surface area contributed by atoms with Crippen LogP contribution >= 0.6 is 11.6 Å². The van der Waals surface area contributed by atoms with Gasteiger partial charge in [0.2, 0.25) is 11.8 Å². The molecule has 0 spiro atoms. The first kappa shape index (κ1) is 21.3. The first-order valence-corrected chi connectivity index (χ1v) is 11.5. The normalized spacial score (nSPS) is 15.8. The molecule has 1 atom stereocenters. The van der Waals surface area contributed by atoms with Gasteiger partial charge in [0.25, 0.3) is 0 Å². The summed E-state index contributed by atoms with van der Waals surface area (Å²) in [7, 11) is -3.62. The molecule has 3 rings (SSSR count). The number of amides is 2. The van der Waals surface area contributed by atoms with Gasteiger partial charge in [0.1, 0.15) is 0 Å². The van der Waals surface area contributed by atoms with Crippen LogP contribution in [-0.4, -0.2) is 32.0 Å². The number of anilines is 2. The van der Waals surface area contributed by atoms with Crippen molar-refractivity contribution in [3.05, 3.63) is 53.1 Å². The molecule has 29 heavy (non-hydrogen) atoms. The molecule has 0 bridgehead atoms. The minimum absolute atomic E-state index is 0.000516. The van der Waals surface area contributed by atoms with Gasteiger partial charge in [0.15, 0.2) is 9.84 Å².